The molecule has 103 heavy (non-hydrogen) atoms. The lowest BCUT2D eigenvalue weighted by Crippen LogP contribution is -2.39. The number of likely N-dealkylation sites (tertiary alicyclic amines) is 2. The molecule has 0 aliphatic carbocycles. The van der Waals surface area contributed by atoms with Crippen molar-refractivity contribution in [2.45, 2.75) is 380 Å². The van der Waals surface area contributed by atoms with Gasteiger partial charge in [-0.2, -0.15) is 0 Å². The van der Waals surface area contributed by atoms with Gasteiger partial charge in [0.05, 0.1) is 12.7 Å². The summed E-state index contributed by atoms with van der Waals surface area (Å²) in [6.45, 7) is 25.0. The van der Waals surface area contributed by atoms with Crippen LogP contribution in [0.5, 0.6) is 0 Å². The molecule has 0 bridgehead atoms. The number of epoxide rings is 1. The Hall–Kier alpha value is 0.0800. The van der Waals surface area contributed by atoms with Crippen LogP contribution in [0.25, 0.3) is 0 Å². The molecule has 5 fully saturated rings. The first kappa shape index (κ1) is 109. The molecular formula is C87H178Br4N10O2. The first-order chi connectivity index (χ1) is 50.2. The summed E-state index contributed by atoms with van der Waals surface area (Å²) in [5.74, 6) is -0.107. The third kappa shape index (κ3) is 89.2. The van der Waals surface area contributed by atoms with E-state index in [1.165, 1.54) is 362 Å². The number of likely N-dealkylation sites (N-methyl/N-ethyl adjacent to an activating group) is 4. The molecule has 4 unspecified atom stereocenters. The minimum atomic E-state index is -0.107. The number of unbranched alkanes of at least 4 members (excludes halogenated alkanes) is 34. The standard InChI is InChI=1S/C13H27Br.C12H25Br.C11H23Br.C11H15NO.C10H21Br.C7H16N2.2C6H14N2.C6H11NO.C5H12N2/c1-2-3-4-5-6-7-8-9-10-11-12-13-14;1-2-3-4-5-6-7-8-9-10-11-12-13;1-2-3-4-5-6-7-8-9-10-11-12;1-12-10(11-8-13-11)7-9-5-3-2-4-6-9;1-2-3-4-5-6-7-8-9-10-11;1-8-7-3-5-9(2)6-4-7;1-7-6-3-4-8(2)5-6;1-7-6-2-4-8-5-3-6;1-4-5(2)7-6(3)8;1-6-5-2-3-7-4-5/h2-13H2,1H3;2-12H2,1H3;2-11H2,1H3;2-6,10-12H,7-8H2,1H3;2-10H2,1H3;7-8H,3-6H2,1-2H3;6-7H,3-5H2,1-2H3;6-8H,2-5H2,1H3;4H2,1-3H3;5-7H,2-4H2,1H3. The molecule has 5 heterocycles. The fourth-order valence-corrected chi connectivity index (χ4v) is 14.0. The number of carbonyl (C=O) groups is 1. The third-order valence-electron chi connectivity index (χ3n) is 19.9. The molecule has 0 aromatic heterocycles. The highest BCUT2D eigenvalue weighted by Gasteiger charge is 2.31. The summed E-state index contributed by atoms with van der Waals surface area (Å²) in [6, 6.07) is 14.0. The molecule has 6 rings (SSSR count). The van der Waals surface area contributed by atoms with E-state index >= 15 is 0 Å². The smallest absolute Gasteiger partial charge is 0.242 e. The Bertz CT molecular complexity index is 1700. The number of carbonyl (C=O) groups excluding carboxylic acids is 1. The summed E-state index contributed by atoms with van der Waals surface area (Å²) in [7, 11) is 14.5. The number of amides is 1. The molecule has 1 aromatic carbocycles. The number of hydrogen-bond donors (Lipinski definition) is 7. The van der Waals surface area contributed by atoms with Crippen LogP contribution < -0.4 is 37.2 Å². The SMILES string of the molecule is CCC(C)=NC(C)=O.CCCCCCCCCCBr.CCCCCCCCCCCBr.CCCCCCCCCCCCBr.CCCCCCCCCCCCCBr.CNC(Cc1ccccc1)C1CO1.CNC1CCN(C)C1.CNC1CCN(C)CC1.CNC1CCNC1.CNC1CCNCC1. The van der Waals surface area contributed by atoms with Gasteiger partial charge in [-0.25, -0.2) is 4.99 Å². The van der Waals surface area contributed by atoms with Gasteiger partial charge in [-0.3, -0.25) is 4.79 Å². The summed E-state index contributed by atoms with van der Waals surface area (Å²) in [4.78, 5) is 18.6. The topological polar surface area (TPSA) is 133 Å². The minimum absolute atomic E-state index is 0.107. The maximum absolute atomic E-state index is 10.2. The van der Waals surface area contributed by atoms with Crippen molar-refractivity contribution in [3.05, 3.63) is 35.9 Å². The van der Waals surface area contributed by atoms with Gasteiger partial charge in [0.1, 0.15) is 0 Å². The van der Waals surface area contributed by atoms with Crippen molar-refractivity contribution < 1.29 is 9.53 Å². The van der Waals surface area contributed by atoms with Gasteiger partial charge in [-0.15, -0.1) is 0 Å². The van der Waals surface area contributed by atoms with Gasteiger partial charge >= 0.3 is 0 Å². The van der Waals surface area contributed by atoms with Crippen molar-refractivity contribution >= 4 is 75.3 Å². The van der Waals surface area contributed by atoms with E-state index < -0.39 is 0 Å². The van der Waals surface area contributed by atoms with Gasteiger partial charge in [0.25, 0.3) is 0 Å². The van der Waals surface area contributed by atoms with E-state index in [9.17, 15) is 4.79 Å². The van der Waals surface area contributed by atoms with Crippen LogP contribution in [0, 0.1) is 0 Å². The highest BCUT2D eigenvalue weighted by molar-refractivity contribution is 9.09. The van der Waals surface area contributed by atoms with E-state index in [0.29, 0.717) is 12.1 Å². The lowest BCUT2D eigenvalue weighted by molar-refractivity contribution is -0.115. The second-order valence-corrected chi connectivity index (χ2v) is 32.8. The molecule has 0 saturated carbocycles. The van der Waals surface area contributed by atoms with Crippen LogP contribution in [0.4, 0.5) is 0 Å². The maximum atomic E-state index is 10.2. The van der Waals surface area contributed by atoms with Crippen molar-refractivity contribution in [2.75, 3.05) is 130 Å². The Morgan fingerprint density at radius 1 is 0.447 bits per heavy atom. The molecule has 0 radical (unpaired) electrons. The molecular weight excluding hydrogens is 1540 g/mol. The van der Waals surface area contributed by atoms with Crippen molar-refractivity contribution in [2.24, 2.45) is 4.99 Å². The van der Waals surface area contributed by atoms with Crippen LogP contribution in [0.2, 0.25) is 0 Å². The van der Waals surface area contributed by atoms with Crippen molar-refractivity contribution in [1.29, 1.82) is 0 Å². The predicted octanol–water partition coefficient (Wildman–Crippen LogP) is 22.8. The number of nitrogens with zero attached hydrogens (tertiary/aromatic N) is 3. The zero-order valence-electron chi connectivity index (χ0n) is 70.7. The lowest BCUT2D eigenvalue weighted by atomic mass is 10.0. The van der Waals surface area contributed by atoms with E-state index in [0.717, 1.165) is 55.9 Å². The Morgan fingerprint density at radius 3 is 0.990 bits per heavy atom. The number of rotatable bonds is 47. The van der Waals surface area contributed by atoms with Crippen LogP contribution >= 0.6 is 63.7 Å². The number of alkyl halides is 4. The average Bonchev–Trinajstić information content (AvgIpc) is 1.73. The van der Waals surface area contributed by atoms with Gasteiger partial charge < -0.3 is 51.8 Å². The fraction of sp³-hybridized carbons (Fsp3) is 0.908. The summed E-state index contributed by atoms with van der Waals surface area (Å²) in [5.41, 5.74) is 2.27. The molecule has 12 nitrogen and oxygen atoms in total. The van der Waals surface area contributed by atoms with E-state index in [2.05, 4.69) is 189 Å². The first-order valence-corrected chi connectivity index (χ1v) is 47.8. The summed E-state index contributed by atoms with van der Waals surface area (Å²) in [5, 5.41) is 27.6. The number of nitrogens with one attached hydrogen (secondary N) is 7. The number of aliphatic imine (C=N–C) groups is 1. The molecule has 1 amide bonds. The van der Waals surface area contributed by atoms with Crippen molar-refractivity contribution in [3.8, 4) is 0 Å². The monoisotopic (exact) mass is 1710 g/mol. The van der Waals surface area contributed by atoms with E-state index in [4.69, 9.17) is 4.74 Å². The van der Waals surface area contributed by atoms with Crippen molar-refractivity contribution in [3.63, 3.8) is 0 Å². The average molecular weight is 1720 g/mol. The molecule has 5 aliphatic rings. The highest BCUT2D eigenvalue weighted by atomic mass is 79.9. The van der Waals surface area contributed by atoms with Crippen LogP contribution in [-0.4, -0.2) is 187 Å². The molecule has 5 aliphatic heterocycles. The minimum Gasteiger partial charge on any atom is -0.371 e. The van der Waals surface area contributed by atoms with E-state index in [-0.39, 0.29) is 5.91 Å². The number of piperidine rings is 2. The predicted molar refractivity (Wildman–Crippen MR) is 480 cm³/mol. The second-order valence-electron chi connectivity index (χ2n) is 29.6. The summed E-state index contributed by atoms with van der Waals surface area (Å²) >= 11 is 13.8. The molecule has 16 heteroatoms. The van der Waals surface area contributed by atoms with Gasteiger partial charge in [-0.1, -0.05) is 347 Å². The molecule has 0 spiro atoms. The molecule has 5 saturated heterocycles. The zero-order chi connectivity index (χ0) is 77.0. The number of ether oxygens (including phenoxy) is 1. The summed E-state index contributed by atoms with van der Waals surface area (Å²) in [6.07, 6.45) is 64.5. The first-order valence-electron chi connectivity index (χ1n) is 43.3. The van der Waals surface area contributed by atoms with Crippen LogP contribution in [-0.2, 0) is 16.0 Å². The maximum Gasteiger partial charge on any atom is 0.242 e. The normalized spacial score (nSPS) is 17.5. The zero-order valence-corrected chi connectivity index (χ0v) is 77.1. The fourth-order valence-electron chi connectivity index (χ4n) is 12.4. The van der Waals surface area contributed by atoms with Gasteiger partial charge in [0, 0.05) is 77.3 Å². The van der Waals surface area contributed by atoms with Gasteiger partial charge in [-0.05, 0) is 178 Å². The highest BCUT2D eigenvalue weighted by Crippen LogP contribution is 2.19. The van der Waals surface area contributed by atoms with Gasteiger partial charge in [0.15, 0.2) is 0 Å². The Morgan fingerprint density at radius 2 is 0.757 bits per heavy atom. The Kier molecular flexibility index (Phi) is 98.5. The number of hydrogen-bond acceptors (Lipinski definition) is 11. The van der Waals surface area contributed by atoms with Crippen LogP contribution in [0.3, 0.4) is 0 Å². The third-order valence-corrected chi connectivity index (χ3v) is 22.2. The van der Waals surface area contributed by atoms with Crippen LogP contribution in [0.15, 0.2) is 35.3 Å². The quantitative estimate of drug-likeness (QED) is 0.0146. The lowest BCUT2D eigenvalue weighted by Gasteiger charge is -2.28. The number of benzene rings is 1. The van der Waals surface area contributed by atoms with E-state index in [1.807, 2.05) is 48.1 Å². The second kappa shape index (κ2) is 92.7. The van der Waals surface area contributed by atoms with Crippen molar-refractivity contribution in [1.82, 2.24) is 47.0 Å². The van der Waals surface area contributed by atoms with Gasteiger partial charge in [0.2, 0.25) is 5.91 Å². The van der Waals surface area contributed by atoms with E-state index in [1.54, 1.807) is 0 Å². The Labute approximate surface area is 677 Å². The van der Waals surface area contributed by atoms with Crippen LogP contribution in [0.1, 0.15) is 343 Å². The number of halogens is 4. The molecule has 1 aromatic rings. The molecule has 4 atom stereocenters. The Balaban J connectivity index is -0.000000532. The summed E-state index contributed by atoms with van der Waals surface area (Å²) < 4.78 is 5.27. The largest absolute Gasteiger partial charge is 0.371 e. The molecule has 616 valence electrons. The molecule has 7 N–H and O–H groups in total.